The first-order chi connectivity index (χ1) is 10.6. The van der Waals surface area contributed by atoms with Gasteiger partial charge in [-0.25, -0.2) is 0 Å². The van der Waals surface area contributed by atoms with Crippen LogP contribution in [-0.2, 0) is 9.59 Å². The number of carbonyl (C=O) groups is 2. The number of aliphatic hydroxyl groups is 1. The van der Waals surface area contributed by atoms with Crippen molar-refractivity contribution in [1.29, 1.82) is 0 Å². The molecule has 6 nitrogen and oxygen atoms in total. The molecule has 1 saturated heterocycles. The Bertz CT molecular complexity index is 380. The Labute approximate surface area is 140 Å². The second-order valence-corrected chi connectivity index (χ2v) is 7.83. The zero-order chi connectivity index (χ0) is 15.8. The van der Waals surface area contributed by atoms with Crippen LogP contribution < -0.4 is 10.6 Å². The minimum absolute atomic E-state index is 0.0157. The lowest BCUT2D eigenvalue weighted by atomic mass is 9.85. The number of nitrogens with zero attached hydrogens (tertiary/aromatic N) is 1. The van der Waals surface area contributed by atoms with Gasteiger partial charge in [-0.1, -0.05) is 6.42 Å². The van der Waals surface area contributed by atoms with Crippen molar-refractivity contribution in [2.75, 3.05) is 43.4 Å². The second kappa shape index (κ2) is 9.64. The molecule has 126 valence electrons. The Morgan fingerprint density at radius 1 is 1.23 bits per heavy atom. The van der Waals surface area contributed by atoms with E-state index in [4.69, 9.17) is 0 Å². The van der Waals surface area contributed by atoms with Crippen LogP contribution in [0.2, 0.25) is 0 Å². The number of nitrogens with one attached hydrogen (secondary N) is 2. The van der Waals surface area contributed by atoms with Crippen molar-refractivity contribution < 1.29 is 14.7 Å². The molecule has 8 heteroatoms. The van der Waals surface area contributed by atoms with Crippen molar-refractivity contribution in [2.24, 2.45) is 5.92 Å². The summed E-state index contributed by atoms with van der Waals surface area (Å²) in [5, 5.41) is 15.3. The van der Waals surface area contributed by atoms with Crippen LogP contribution in [0.5, 0.6) is 0 Å². The van der Waals surface area contributed by atoms with Crippen molar-refractivity contribution in [2.45, 2.75) is 24.8 Å². The van der Waals surface area contributed by atoms with Crippen molar-refractivity contribution in [3.8, 4) is 0 Å². The summed E-state index contributed by atoms with van der Waals surface area (Å²) in [6.45, 7) is 2.83. The van der Waals surface area contributed by atoms with Crippen LogP contribution in [0.25, 0.3) is 0 Å². The highest BCUT2D eigenvalue weighted by Crippen LogP contribution is 2.25. The van der Waals surface area contributed by atoms with Gasteiger partial charge in [0, 0.05) is 31.9 Å². The fraction of sp³-hybridized carbons (Fsp3) is 0.857. The molecule has 1 atom stereocenters. The van der Waals surface area contributed by atoms with Gasteiger partial charge in [-0.05, 0) is 18.8 Å². The lowest BCUT2D eigenvalue weighted by Gasteiger charge is -2.25. The van der Waals surface area contributed by atoms with Crippen LogP contribution in [0.15, 0.2) is 0 Å². The fourth-order valence-corrected chi connectivity index (χ4v) is 4.00. The second-order valence-electron chi connectivity index (χ2n) is 5.68. The third kappa shape index (κ3) is 6.36. The first kappa shape index (κ1) is 17.9. The van der Waals surface area contributed by atoms with Crippen LogP contribution >= 0.6 is 23.5 Å². The molecule has 0 radical (unpaired) electrons. The highest BCUT2D eigenvalue weighted by Gasteiger charge is 2.22. The molecule has 1 unspecified atom stereocenters. The quantitative estimate of drug-likeness (QED) is 0.548. The van der Waals surface area contributed by atoms with Crippen LogP contribution in [0.1, 0.15) is 19.3 Å². The molecule has 3 N–H and O–H groups in total. The smallest absolute Gasteiger partial charge is 0.230 e. The van der Waals surface area contributed by atoms with Crippen LogP contribution in [0.3, 0.4) is 0 Å². The molecule has 0 aromatic rings. The largest absolute Gasteiger partial charge is 0.369 e. The van der Waals surface area contributed by atoms with Crippen molar-refractivity contribution >= 4 is 35.3 Å². The maximum Gasteiger partial charge on any atom is 0.230 e. The molecular formula is C14H25N3O3S2. The Morgan fingerprint density at radius 3 is 2.55 bits per heavy atom. The number of thioether (sulfide) groups is 2. The van der Waals surface area contributed by atoms with Gasteiger partial charge in [-0.15, -0.1) is 23.5 Å². The highest BCUT2D eigenvalue weighted by atomic mass is 32.2. The molecule has 1 aliphatic carbocycles. The molecular weight excluding hydrogens is 322 g/mol. The molecule has 0 bridgehead atoms. The number of amides is 2. The Hall–Kier alpha value is -0.440. The Kier molecular flexibility index (Phi) is 7.85. The summed E-state index contributed by atoms with van der Waals surface area (Å²) in [6.07, 6.45) is 3.72. The van der Waals surface area contributed by atoms with E-state index in [0.29, 0.717) is 30.5 Å². The van der Waals surface area contributed by atoms with Gasteiger partial charge in [-0.3, -0.25) is 14.5 Å². The van der Waals surface area contributed by atoms with E-state index in [0.717, 1.165) is 18.8 Å². The fourth-order valence-electron chi connectivity index (χ4n) is 2.35. The van der Waals surface area contributed by atoms with Gasteiger partial charge in [0.05, 0.1) is 11.5 Å². The molecule has 1 heterocycles. The van der Waals surface area contributed by atoms with Gasteiger partial charge in [0.15, 0.2) is 5.56 Å². The van der Waals surface area contributed by atoms with Crippen LogP contribution in [0.4, 0.5) is 0 Å². The van der Waals surface area contributed by atoms with Crippen molar-refractivity contribution in [3.05, 3.63) is 0 Å². The van der Waals surface area contributed by atoms with E-state index in [9.17, 15) is 14.7 Å². The summed E-state index contributed by atoms with van der Waals surface area (Å²) < 4.78 is 0. The van der Waals surface area contributed by atoms with E-state index >= 15 is 0 Å². The van der Waals surface area contributed by atoms with Gasteiger partial charge in [0.2, 0.25) is 11.8 Å². The van der Waals surface area contributed by atoms with Crippen LogP contribution in [0, 0.1) is 5.92 Å². The van der Waals surface area contributed by atoms with E-state index < -0.39 is 5.56 Å². The van der Waals surface area contributed by atoms with Gasteiger partial charge in [0.25, 0.3) is 0 Å². The number of hydrogen-bond donors (Lipinski definition) is 3. The number of hydrogen-bond acceptors (Lipinski definition) is 6. The number of rotatable bonds is 9. The maximum atomic E-state index is 11.7. The Morgan fingerprint density at radius 2 is 1.95 bits per heavy atom. The standard InChI is InChI=1S/C14H25N3O3S2/c18-12(15-4-5-17-6-7-22-14(17)20)9-21-10-13(19)16-8-11-2-1-3-11/h11,14,20H,1-10H2,(H,15,18)(H,16,19). The third-order valence-corrected chi connectivity index (χ3v) is 5.91. The molecule has 2 amide bonds. The summed E-state index contributed by atoms with van der Waals surface area (Å²) in [4.78, 5) is 25.2. The van der Waals surface area contributed by atoms with Crippen molar-refractivity contribution in [3.63, 3.8) is 0 Å². The van der Waals surface area contributed by atoms with Crippen molar-refractivity contribution in [1.82, 2.24) is 15.5 Å². The first-order valence-electron chi connectivity index (χ1n) is 7.80. The zero-order valence-corrected chi connectivity index (χ0v) is 14.4. The maximum absolute atomic E-state index is 11.7. The monoisotopic (exact) mass is 347 g/mol. The molecule has 2 rings (SSSR count). The third-order valence-electron chi connectivity index (χ3n) is 3.96. The molecule has 1 saturated carbocycles. The average Bonchev–Trinajstić information content (AvgIpc) is 2.83. The van der Waals surface area contributed by atoms with Gasteiger partial charge >= 0.3 is 0 Å². The summed E-state index contributed by atoms with van der Waals surface area (Å²) in [5.41, 5.74) is -0.439. The SMILES string of the molecule is O=C(CSCC(=O)NCC1CCC1)NCCN1CCSC1O. The van der Waals surface area contributed by atoms with Gasteiger partial charge in [-0.2, -0.15) is 0 Å². The molecule has 1 aliphatic heterocycles. The lowest BCUT2D eigenvalue weighted by molar-refractivity contribution is -0.119. The molecule has 0 spiro atoms. The summed E-state index contributed by atoms with van der Waals surface area (Å²) in [6, 6.07) is 0. The highest BCUT2D eigenvalue weighted by molar-refractivity contribution is 8.00. The van der Waals surface area contributed by atoms with Gasteiger partial charge in [0.1, 0.15) is 0 Å². The van der Waals surface area contributed by atoms with E-state index in [1.165, 1.54) is 42.8 Å². The topological polar surface area (TPSA) is 81.7 Å². The molecule has 22 heavy (non-hydrogen) atoms. The predicted octanol–water partition coefficient (Wildman–Crippen LogP) is 0.0768. The molecule has 2 fully saturated rings. The molecule has 2 aliphatic rings. The predicted molar refractivity (Wildman–Crippen MR) is 90.7 cm³/mol. The molecule has 0 aromatic heterocycles. The van der Waals surface area contributed by atoms with E-state index in [1.807, 2.05) is 4.90 Å². The normalized spacial score (nSPS) is 22.3. The minimum atomic E-state index is -0.439. The lowest BCUT2D eigenvalue weighted by Crippen LogP contribution is -2.38. The summed E-state index contributed by atoms with van der Waals surface area (Å²) in [5.74, 6) is 2.19. The number of carbonyl (C=O) groups excluding carboxylic acids is 2. The Balaban J connectivity index is 1.44. The van der Waals surface area contributed by atoms with Gasteiger partial charge < -0.3 is 15.7 Å². The summed E-state index contributed by atoms with van der Waals surface area (Å²) in [7, 11) is 0. The minimum Gasteiger partial charge on any atom is -0.369 e. The summed E-state index contributed by atoms with van der Waals surface area (Å²) >= 11 is 2.85. The number of aliphatic hydroxyl groups excluding tert-OH is 1. The van der Waals surface area contributed by atoms with E-state index in [2.05, 4.69) is 10.6 Å². The molecule has 0 aromatic carbocycles. The average molecular weight is 348 g/mol. The van der Waals surface area contributed by atoms with Crippen LogP contribution in [-0.4, -0.2) is 70.8 Å². The van der Waals surface area contributed by atoms with E-state index in [-0.39, 0.29) is 11.8 Å². The van der Waals surface area contributed by atoms with E-state index in [1.54, 1.807) is 0 Å². The zero-order valence-electron chi connectivity index (χ0n) is 12.8. The first-order valence-corrected chi connectivity index (χ1v) is 10.0.